The van der Waals surface area contributed by atoms with E-state index in [1.54, 1.807) is 4.68 Å². The fourth-order valence-electron chi connectivity index (χ4n) is 2.95. The molecule has 1 atom stereocenters. The molecule has 7 heteroatoms. The van der Waals surface area contributed by atoms with Crippen LogP contribution < -0.4 is 4.90 Å². The fraction of sp³-hybridized carbons (Fsp3) is 0.353. The zero-order valence-corrected chi connectivity index (χ0v) is 14.5. The molecule has 0 bridgehead atoms. The average molecular weight is 341 g/mol. The number of rotatable bonds is 3. The summed E-state index contributed by atoms with van der Waals surface area (Å²) in [5.41, 5.74) is 1.75. The maximum absolute atomic E-state index is 6.07. The molecule has 1 aliphatic rings. The van der Waals surface area contributed by atoms with Gasteiger partial charge in [-0.15, -0.1) is 0 Å². The van der Waals surface area contributed by atoms with Crippen molar-refractivity contribution < 1.29 is 4.74 Å². The second-order valence-corrected chi connectivity index (χ2v) is 6.90. The van der Waals surface area contributed by atoms with Gasteiger partial charge in [0.25, 0.3) is 0 Å². The van der Waals surface area contributed by atoms with E-state index in [1.165, 1.54) is 11.5 Å². The van der Waals surface area contributed by atoms with E-state index < -0.39 is 0 Å². The third-order valence-corrected chi connectivity index (χ3v) is 5.08. The molecular formula is C17H19N5OS. The van der Waals surface area contributed by atoms with Gasteiger partial charge in [0, 0.05) is 42.4 Å². The predicted octanol–water partition coefficient (Wildman–Crippen LogP) is 2.69. The van der Waals surface area contributed by atoms with Gasteiger partial charge in [-0.3, -0.25) is 4.68 Å². The van der Waals surface area contributed by atoms with Crippen LogP contribution in [-0.4, -0.2) is 38.8 Å². The minimum atomic E-state index is -0.384. The highest BCUT2D eigenvalue weighted by Crippen LogP contribution is 2.33. The van der Waals surface area contributed by atoms with E-state index in [0.717, 1.165) is 35.2 Å². The van der Waals surface area contributed by atoms with Crippen molar-refractivity contribution in [1.29, 1.82) is 0 Å². The molecule has 0 spiro atoms. The normalized spacial score (nSPS) is 21.2. The standard InChI is InChI=1S/C17H19N5OS/c1-17(14-10-18-21(2)11-14)12-22(8-9-23-17)16-19-15(20-24-16)13-6-4-3-5-7-13/h3-7,10-11H,8-9,12H2,1-2H3. The Hall–Kier alpha value is -2.25. The highest BCUT2D eigenvalue weighted by Gasteiger charge is 2.36. The van der Waals surface area contributed by atoms with E-state index in [0.29, 0.717) is 6.61 Å². The summed E-state index contributed by atoms with van der Waals surface area (Å²) in [6, 6.07) is 10.1. The van der Waals surface area contributed by atoms with Gasteiger partial charge in [-0.1, -0.05) is 30.3 Å². The van der Waals surface area contributed by atoms with Crippen LogP contribution in [0.4, 0.5) is 5.13 Å². The van der Waals surface area contributed by atoms with Crippen LogP contribution in [-0.2, 0) is 17.4 Å². The highest BCUT2D eigenvalue weighted by atomic mass is 32.1. The van der Waals surface area contributed by atoms with Crippen LogP contribution in [0, 0.1) is 0 Å². The summed E-state index contributed by atoms with van der Waals surface area (Å²) in [6.45, 7) is 4.32. The molecule has 0 aliphatic carbocycles. The van der Waals surface area contributed by atoms with Gasteiger partial charge in [0.05, 0.1) is 19.3 Å². The number of benzene rings is 1. The van der Waals surface area contributed by atoms with Crippen LogP contribution in [0.5, 0.6) is 0 Å². The van der Waals surface area contributed by atoms with Crippen molar-refractivity contribution in [2.45, 2.75) is 12.5 Å². The predicted molar refractivity (Wildman–Crippen MR) is 94.1 cm³/mol. The van der Waals surface area contributed by atoms with Gasteiger partial charge in [-0.25, -0.2) is 0 Å². The Morgan fingerprint density at radius 1 is 1.25 bits per heavy atom. The molecule has 3 heterocycles. The Balaban J connectivity index is 1.58. The monoisotopic (exact) mass is 341 g/mol. The smallest absolute Gasteiger partial charge is 0.205 e. The van der Waals surface area contributed by atoms with E-state index in [4.69, 9.17) is 9.72 Å². The van der Waals surface area contributed by atoms with E-state index >= 15 is 0 Å². The number of anilines is 1. The van der Waals surface area contributed by atoms with Crippen molar-refractivity contribution in [2.75, 3.05) is 24.6 Å². The van der Waals surface area contributed by atoms with Gasteiger partial charge in [0.2, 0.25) is 5.13 Å². The molecule has 0 N–H and O–H groups in total. The van der Waals surface area contributed by atoms with Crippen LogP contribution in [0.3, 0.4) is 0 Å². The van der Waals surface area contributed by atoms with Crippen molar-refractivity contribution in [2.24, 2.45) is 7.05 Å². The maximum atomic E-state index is 6.07. The lowest BCUT2D eigenvalue weighted by Gasteiger charge is -2.39. The van der Waals surface area contributed by atoms with E-state index in [2.05, 4.69) is 21.3 Å². The molecule has 6 nitrogen and oxygen atoms in total. The molecule has 1 saturated heterocycles. The topological polar surface area (TPSA) is 56.1 Å². The lowest BCUT2D eigenvalue weighted by molar-refractivity contribution is -0.0466. The van der Waals surface area contributed by atoms with Crippen LogP contribution in [0.15, 0.2) is 42.7 Å². The lowest BCUT2D eigenvalue weighted by atomic mass is 9.97. The SMILES string of the molecule is Cn1cc(C2(C)CN(c3nc(-c4ccccc4)ns3)CCO2)cn1. The maximum Gasteiger partial charge on any atom is 0.205 e. The number of aromatic nitrogens is 4. The first-order valence-corrected chi connectivity index (χ1v) is 8.68. The zero-order valence-electron chi connectivity index (χ0n) is 13.7. The Kier molecular flexibility index (Phi) is 3.82. The Labute approximate surface area is 144 Å². The quantitative estimate of drug-likeness (QED) is 0.733. The summed E-state index contributed by atoms with van der Waals surface area (Å²) in [7, 11) is 1.92. The van der Waals surface area contributed by atoms with Crippen molar-refractivity contribution in [3.8, 4) is 11.4 Å². The number of nitrogens with zero attached hydrogens (tertiary/aromatic N) is 5. The first-order valence-electron chi connectivity index (χ1n) is 7.91. The van der Waals surface area contributed by atoms with Gasteiger partial charge in [0.1, 0.15) is 5.60 Å². The summed E-state index contributed by atoms with van der Waals surface area (Å²) >= 11 is 1.44. The van der Waals surface area contributed by atoms with Crippen molar-refractivity contribution in [3.05, 3.63) is 48.3 Å². The van der Waals surface area contributed by atoms with E-state index in [9.17, 15) is 0 Å². The third-order valence-electron chi connectivity index (χ3n) is 4.31. The lowest BCUT2D eigenvalue weighted by Crippen LogP contribution is -2.48. The largest absolute Gasteiger partial charge is 0.367 e. The summed E-state index contributed by atoms with van der Waals surface area (Å²) in [4.78, 5) is 6.98. The Morgan fingerprint density at radius 2 is 2.08 bits per heavy atom. The van der Waals surface area contributed by atoms with Gasteiger partial charge >= 0.3 is 0 Å². The number of hydrogen-bond donors (Lipinski definition) is 0. The molecule has 1 fully saturated rings. The average Bonchev–Trinajstić information content (AvgIpc) is 3.25. The first-order chi connectivity index (χ1) is 11.6. The summed E-state index contributed by atoms with van der Waals surface area (Å²) in [5.74, 6) is 0.783. The molecule has 124 valence electrons. The molecule has 4 rings (SSSR count). The molecule has 2 aromatic heterocycles. The number of hydrogen-bond acceptors (Lipinski definition) is 6. The molecule has 1 unspecified atom stereocenters. The van der Waals surface area contributed by atoms with Gasteiger partial charge in [-0.2, -0.15) is 14.5 Å². The molecule has 1 aliphatic heterocycles. The second-order valence-electron chi connectivity index (χ2n) is 6.17. The molecule has 0 saturated carbocycles. The van der Waals surface area contributed by atoms with Crippen molar-refractivity contribution >= 4 is 16.7 Å². The van der Waals surface area contributed by atoms with Crippen LogP contribution in [0.25, 0.3) is 11.4 Å². The molecule has 0 amide bonds. The second kappa shape index (κ2) is 5.99. The Bertz CT molecular complexity index is 830. The summed E-state index contributed by atoms with van der Waals surface area (Å²) in [6.07, 6.45) is 3.89. The summed E-state index contributed by atoms with van der Waals surface area (Å²) in [5, 5.41) is 5.21. The van der Waals surface area contributed by atoms with Crippen molar-refractivity contribution in [3.63, 3.8) is 0 Å². The highest BCUT2D eigenvalue weighted by molar-refractivity contribution is 7.09. The van der Waals surface area contributed by atoms with Crippen LogP contribution >= 0.6 is 11.5 Å². The molecular weight excluding hydrogens is 322 g/mol. The fourth-order valence-corrected chi connectivity index (χ4v) is 3.66. The zero-order chi connectivity index (χ0) is 16.6. The molecule has 24 heavy (non-hydrogen) atoms. The first kappa shape index (κ1) is 15.3. The van der Waals surface area contributed by atoms with Crippen LogP contribution in [0.2, 0.25) is 0 Å². The minimum Gasteiger partial charge on any atom is -0.367 e. The van der Waals surface area contributed by atoms with Gasteiger partial charge in [-0.05, 0) is 6.92 Å². The molecule has 3 aromatic rings. The summed E-state index contributed by atoms with van der Waals surface area (Å²) < 4.78 is 12.4. The number of morpholine rings is 1. The minimum absolute atomic E-state index is 0.384. The van der Waals surface area contributed by atoms with E-state index in [1.807, 2.05) is 49.8 Å². The van der Waals surface area contributed by atoms with Crippen molar-refractivity contribution in [1.82, 2.24) is 19.1 Å². The van der Waals surface area contributed by atoms with Crippen LogP contribution in [0.1, 0.15) is 12.5 Å². The van der Waals surface area contributed by atoms with Gasteiger partial charge in [0.15, 0.2) is 5.82 Å². The Morgan fingerprint density at radius 3 is 2.83 bits per heavy atom. The number of ether oxygens (including phenoxy) is 1. The van der Waals surface area contributed by atoms with E-state index in [-0.39, 0.29) is 5.60 Å². The number of aryl methyl sites for hydroxylation is 1. The molecule has 0 radical (unpaired) electrons. The molecule has 1 aromatic carbocycles. The van der Waals surface area contributed by atoms with Gasteiger partial charge < -0.3 is 9.64 Å². The third kappa shape index (κ3) is 2.81.